The fraction of sp³-hybridized carbons (Fsp3) is 0.667. The van der Waals surface area contributed by atoms with Gasteiger partial charge in [-0.2, -0.15) is 5.10 Å². The van der Waals surface area contributed by atoms with Crippen molar-refractivity contribution in [2.45, 2.75) is 38.9 Å². The van der Waals surface area contributed by atoms with E-state index in [1.54, 1.807) is 6.20 Å². The summed E-state index contributed by atoms with van der Waals surface area (Å²) in [4.78, 5) is 12.0. The van der Waals surface area contributed by atoms with Gasteiger partial charge in [0.1, 0.15) is 0 Å². The van der Waals surface area contributed by atoms with Crippen molar-refractivity contribution < 1.29 is 4.79 Å². The Balaban J connectivity index is 1.82. The van der Waals surface area contributed by atoms with E-state index in [0.29, 0.717) is 6.54 Å². The zero-order valence-corrected chi connectivity index (χ0v) is 10.4. The lowest BCUT2D eigenvalue weighted by atomic mass is 10.0. The van der Waals surface area contributed by atoms with Crippen molar-refractivity contribution in [1.29, 1.82) is 0 Å². The average Bonchev–Trinajstić information content (AvgIpc) is 2.88. The van der Waals surface area contributed by atoms with Crippen LogP contribution in [0.2, 0.25) is 0 Å². The van der Waals surface area contributed by atoms with E-state index in [9.17, 15) is 4.79 Å². The van der Waals surface area contributed by atoms with Crippen LogP contribution in [0.5, 0.6) is 0 Å². The molecule has 3 unspecified atom stereocenters. The number of nitrogens with one attached hydrogen (secondary N) is 2. The topological polar surface area (TPSA) is 59.0 Å². The summed E-state index contributed by atoms with van der Waals surface area (Å²) in [5.41, 5.74) is 0. The molecule has 1 aromatic heterocycles. The minimum absolute atomic E-state index is 0.107. The SMILES string of the molecule is CC(Cn1cccn1)NC(=O)C1CCNC1C. The first-order valence-electron chi connectivity index (χ1n) is 6.18. The van der Waals surface area contributed by atoms with E-state index < -0.39 is 0 Å². The van der Waals surface area contributed by atoms with Crippen LogP contribution >= 0.6 is 0 Å². The monoisotopic (exact) mass is 236 g/mol. The molecule has 1 aliphatic heterocycles. The Labute approximate surface area is 102 Å². The number of hydrogen-bond acceptors (Lipinski definition) is 3. The fourth-order valence-corrected chi connectivity index (χ4v) is 2.30. The smallest absolute Gasteiger partial charge is 0.224 e. The van der Waals surface area contributed by atoms with Crippen LogP contribution in [0.25, 0.3) is 0 Å². The number of carbonyl (C=O) groups excluding carboxylic acids is 1. The van der Waals surface area contributed by atoms with Gasteiger partial charge >= 0.3 is 0 Å². The molecule has 2 rings (SSSR count). The molecular weight excluding hydrogens is 216 g/mol. The molecular formula is C12H20N4O. The zero-order valence-electron chi connectivity index (χ0n) is 10.4. The van der Waals surface area contributed by atoms with Crippen molar-refractivity contribution >= 4 is 5.91 Å². The van der Waals surface area contributed by atoms with Crippen LogP contribution in [-0.2, 0) is 11.3 Å². The van der Waals surface area contributed by atoms with E-state index in [1.807, 2.05) is 23.9 Å². The zero-order chi connectivity index (χ0) is 12.3. The molecule has 0 bridgehead atoms. The van der Waals surface area contributed by atoms with Gasteiger partial charge in [-0.1, -0.05) is 0 Å². The number of hydrogen-bond donors (Lipinski definition) is 2. The molecule has 1 saturated heterocycles. The molecule has 17 heavy (non-hydrogen) atoms. The first kappa shape index (κ1) is 12.1. The highest BCUT2D eigenvalue weighted by Gasteiger charge is 2.29. The molecule has 0 spiro atoms. The van der Waals surface area contributed by atoms with Crippen LogP contribution in [0.15, 0.2) is 18.5 Å². The Bertz CT molecular complexity index is 363. The molecule has 2 N–H and O–H groups in total. The number of amides is 1. The van der Waals surface area contributed by atoms with Crippen LogP contribution in [0.1, 0.15) is 20.3 Å². The molecule has 2 heterocycles. The Morgan fingerprint density at radius 2 is 2.53 bits per heavy atom. The third-order valence-electron chi connectivity index (χ3n) is 3.27. The molecule has 3 atom stereocenters. The lowest BCUT2D eigenvalue weighted by Crippen LogP contribution is -2.42. The predicted molar refractivity (Wildman–Crippen MR) is 65.4 cm³/mol. The van der Waals surface area contributed by atoms with Gasteiger partial charge in [0.15, 0.2) is 0 Å². The molecule has 0 saturated carbocycles. The van der Waals surface area contributed by atoms with E-state index >= 15 is 0 Å². The molecule has 0 radical (unpaired) electrons. The summed E-state index contributed by atoms with van der Waals surface area (Å²) in [7, 11) is 0. The second-order valence-corrected chi connectivity index (χ2v) is 4.78. The number of carbonyl (C=O) groups is 1. The van der Waals surface area contributed by atoms with E-state index in [0.717, 1.165) is 13.0 Å². The number of aromatic nitrogens is 2. The predicted octanol–water partition coefficient (Wildman–Crippen LogP) is 0.386. The summed E-state index contributed by atoms with van der Waals surface area (Å²) in [5, 5.41) is 10.5. The van der Waals surface area contributed by atoms with Gasteiger partial charge in [0.05, 0.1) is 12.5 Å². The van der Waals surface area contributed by atoms with E-state index in [4.69, 9.17) is 0 Å². The van der Waals surface area contributed by atoms with Crippen LogP contribution in [-0.4, -0.2) is 34.3 Å². The highest BCUT2D eigenvalue weighted by molar-refractivity contribution is 5.79. The Morgan fingerprint density at radius 3 is 3.12 bits per heavy atom. The molecule has 94 valence electrons. The largest absolute Gasteiger partial charge is 0.351 e. The minimum Gasteiger partial charge on any atom is -0.351 e. The maximum Gasteiger partial charge on any atom is 0.224 e. The van der Waals surface area contributed by atoms with Crippen molar-refractivity contribution in [2.75, 3.05) is 6.54 Å². The Kier molecular flexibility index (Phi) is 3.78. The summed E-state index contributed by atoms with van der Waals surface area (Å²) >= 11 is 0. The second-order valence-electron chi connectivity index (χ2n) is 4.78. The van der Waals surface area contributed by atoms with Crippen molar-refractivity contribution in [3.63, 3.8) is 0 Å². The minimum atomic E-state index is 0.107. The normalized spacial score (nSPS) is 25.8. The molecule has 1 fully saturated rings. The molecule has 1 aliphatic rings. The molecule has 1 amide bonds. The summed E-state index contributed by atoms with van der Waals surface area (Å²) in [5.74, 6) is 0.261. The summed E-state index contributed by atoms with van der Waals surface area (Å²) < 4.78 is 1.83. The maximum absolute atomic E-state index is 12.0. The second kappa shape index (κ2) is 5.31. The highest BCUT2D eigenvalue weighted by atomic mass is 16.2. The third kappa shape index (κ3) is 3.06. The first-order valence-corrected chi connectivity index (χ1v) is 6.18. The fourth-order valence-electron chi connectivity index (χ4n) is 2.30. The van der Waals surface area contributed by atoms with Gasteiger partial charge < -0.3 is 10.6 Å². The van der Waals surface area contributed by atoms with Crippen LogP contribution in [0.3, 0.4) is 0 Å². The molecule has 5 nitrogen and oxygen atoms in total. The van der Waals surface area contributed by atoms with Gasteiger partial charge in [-0.05, 0) is 32.9 Å². The standard InChI is InChI=1S/C12H20N4O/c1-9(8-16-7-3-5-14-16)15-12(17)11-4-6-13-10(11)2/h3,5,7,9-11,13H,4,6,8H2,1-2H3,(H,15,17). The maximum atomic E-state index is 12.0. The molecule has 1 aromatic rings. The lowest BCUT2D eigenvalue weighted by molar-refractivity contribution is -0.125. The van der Waals surface area contributed by atoms with Crippen molar-refractivity contribution in [3.05, 3.63) is 18.5 Å². The summed E-state index contributed by atoms with van der Waals surface area (Å²) in [6, 6.07) is 2.28. The molecule has 5 heteroatoms. The lowest BCUT2D eigenvalue weighted by Gasteiger charge is -2.19. The van der Waals surface area contributed by atoms with E-state index in [-0.39, 0.29) is 23.9 Å². The van der Waals surface area contributed by atoms with Crippen LogP contribution in [0.4, 0.5) is 0 Å². The summed E-state index contributed by atoms with van der Waals surface area (Å²) in [6.07, 6.45) is 4.58. The van der Waals surface area contributed by atoms with Crippen molar-refractivity contribution in [3.8, 4) is 0 Å². The van der Waals surface area contributed by atoms with Gasteiger partial charge in [0.2, 0.25) is 5.91 Å². The summed E-state index contributed by atoms with van der Waals surface area (Å²) in [6.45, 7) is 5.72. The van der Waals surface area contributed by atoms with Gasteiger partial charge in [-0.25, -0.2) is 0 Å². The first-order chi connectivity index (χ1) is 8.16. The average molecular weight is 236 g/mol. The third-order valence-corrected chi connectivity index (χ3v) is 3.27. The van der Waals surface area contributed by atoms with E-state index in [2.05, 4.69) is 22.7 Å². The highest BCUT2D eigenvalue weighted by Crippen LogP contribution is 2.15. The van der Waals surface area contributed by atoms with Crippen LogP contribution in [0, 0.1) is 5.92 Å². The van der Waals surface area contributed by atoms with Gasteiger partial charge in [-0.3, -0.25) is 9.48 Å². The molecule has 0 aliphatic carbocycles. The number of nitrogens with zero attached hydrogens (tertiary/aromatic N) is 2. The number of rotatable bonds is 4. The van der Waals surface area contributed by atoms with Gasteiger partial charge in [-0.15, -0.1) is 0 Å². The van der Waals surface area contributed by atoms with Gasteiger partial charge in [0.25, 0.3) is 0 Å². The van der Waals surface area contributed by atoms with Crippen molar-refractivity contribution in [2.24, 2.45) is 5.92 Å². The van der Waals surface area contributed by atoms with Gasteiger partial charge in [0, 0.05) is 24.5 Å². The Hall–Kier alpha value is -1.36. The van der Waals surface area contributed by atoms with Crippen molar-refractivity contribution in [1.82, 2.24) is 20.4 Å². The van der Waals surface area contributed by atoms with E-state index in [1.165, 1.54) is 0 Å². The Morgan fingerprint density at radius 1 is 1.71 bits per heavy atom. The molecule has 0 aromatic carbocycles. The quantitative estimate of drug-likeness (QED) is 0.795. The van der Waals surface area contributed by atoms with Crippen LogP contribution < -0.4 is 10.6 Å².